The number of aryl methyl sites for hydroxylation is 1. The number of ether oxygens (including phenoxy) is 1. The van der Waals surface area contributed by atoms with E-state index < -0.39 is 10.1 Å². The van der Waals surface area contributed by atoms with Gasteiger partial charge in [0.05, 0.1) is 17.2 Å². The van der Waals surface area contributed by atoms with Gasteiger partial charge in [0, 0.05) is 24.3 Å². The fraction of sp³-hybridized carbons (Fsp3) is 0.190. The Morgan fingerprint density at radius 3 is 1.70 bits per heavy atom. The lowest BCUT2D eigenvalue weighted by Crippen LogP contribution is -2.33. The van der Waals surface area contributed by atoms with E-state index in [1.165, 1.54) is 0 Å². The average Bonchev–Trinajstić information content (AvgIpc) is 2.68. The molecular formula is C21H21NO4S. The monoisotopic (exact) mass is 383 g/mol. The third kappa shape index (κ3) is 5.39. The number of benzene rings is 2. The molecule has 0 aliphatic rings. The summed E-state index contributed by atoms with van der Waals surface area (Å²) in [5.41, 5.74) is 4.43. The number of hydrogen-bond donors (Lipinski definition) is 0. The van der Waals surface area contributed by atoms with Crippen LogP contribution in [0.2, 0.25) is 0 Å². The van der Waals surface area contributed by atoms with Gasteiger partial charge in [0.1, 0.15) is 12.3 Å². The first kappa shape index (κ1) is 19.1. The zero-order valence-electron chi connectivity index (χ0n) is 15.0. The van der Waals surface area contributed by atoms with E-state index in [9.17, 15) is 13.0 Å². The zero-order chi connectivity index (χ0) is 19.3. The van der Waals surface area contributed by atoms with Gasteiger partial charge >= 0.3 is 0 Å². The van der Waals surface area contributed by atoms with E-state index >= 15 is 0 Å². The van der Waals surface area contributed by atoms with Crippen LogP contribution in [0.15, 0.2) is 73.1 Å². The summed E-state index contributed by atoms with van der Waals surface area (Å²) in [6.45, 7) is 0.498. The predicted molar refractivity (Wildman–Crippen MR) is 103 cm³/mol. The van der Waals surface area contributed by atoms with E-state index in [2.05, 4.69) is 24.3 Å². The molecular weight excluding hydrogens is 362 g/mol. The molecule has 1 heterocycles. The topological polar surface area (TPSA) is 70.3 Å². The second-order valence-electron chi connectivity index (χ2n) is 6.25. The molecule has 2 aromatic carbocycles. The molecule has 140 valence electrons. The summed E-state index contributed by atoms with van der Waals surface area (Å²) in [4.78, 5) is 0. The molecule has 0 fully saturated rings. The van der Waals surface area contributed by atoms with Crippen molar-refractivity contribution in [2.24, 2.45) is 0 Å². The summed E-state index contributed by atoms with van der Waals surface area (Å²) < 4.78 is 39.0. The quantitative estimate of drug-likeness (QED) is 0.464. The number of rotatable bonds is 7. The molecule has 0 amide bonds. The molecule has 0 saturated heterocycles. The van der Waals surface area contributed by atoms with Crippen LogP contribution < -0.4 is 9.30 Å². The third-order valence-electron chi connectivity index (χ3n) is 4.34. The maximum absolute atomic E-state index is 10.7. The van der Waals surface area contributed by atoms with Crippen LogP contribution in [0.3, 0.4) is 0 Å². The van der Waals surface area contributed by atoms with Crippen molar-refractivity contribution in [1.82, 2.24) is 0 Å². The standard InChI is InChI=1S/C21H21NO4S/c1-26-21-9-7-19(8-10-21)17-3-5-18(6-4-17)20-11-14-22(15-12-20)13-2-16-27(23,24)25/h3-12,14-15H,2,13,16H2,1H3. The molecule has 0 aliphatic heterocycles. The highest BCUT2D eigenvalue weighted by atomic mass is 32.2. The number of hydrogen-bond acceptors (Lipinski definition) is 4. The third-order valence-corrected chi connectivity index (χ3v) is 5.13. The number of methoxy groups -OCH3 is 1. The lowest BCUT2D eigenvalue weighted by Gasteiger charge is -2.06. The highest BCUT2D eigenvalue weighted by Crippen LogP contribution is 2.25. The number of aromatic nitrogens is 1. The Morgan fingerprint density at radius 1 is 0.815 bits per heavy atom. The first-order valence-corrected chi connectivity index (χ1v) is 10.2. The van der Waals surface area contributed by atoms with Crippen molar-refractivity contribution in [2.45, 2.75) is 13.0 Å². The van der Waals surface area contributed by atoms with E-state index in [4.69, 9.17) is 4.74 Å². The average molecular weight is 383 g/mol. The maximum atomic E-state index is 10.7. The normalized spacial score (nSPS) is 11.3. The molecule has 0 N–H and O–H groups in total. The van der Waals surface area contributed by atoms with Crippen molar-refractivity contribution in [3.8, 4) is 28.0 Å². The molecule has 0 atom stereocenters. The number of nitrogens with zero attached hydrogens (tertiary/aromatic N) is 1. The Bertz CT molecular complexity index is 980. The Balaban J connectivity index is 1.67. The molecule has 0 saturated carbocycles. The maximum Gasteiger partial charge on any atom is 0.169 e. The van der Waals surface area contributed by atoms with Gasteiger partial charge in [-0.15, -0.1) is 0 Å². The highest BCUT2D eigenvalue weighted by Gasteiger charge is 2.05. The van der Waals surface area contributed by atoms with Gasteiger partial charge in [-0.1, -0.05) is 36.4 Å². The lowest BCUT2D eigenvalue weighted by atomic mass is 10.0. The van der Waals surface area contributed by atoms with Crippen LogP contribution in [-0.2, 0) is 16.7 Å². The van der Waals surface area contributed by atoms with Gasteiger partial charge in [0.25, 0.3) is 0 Å². The van der Waals surface area contributed by atoms with Crippen LogP contribution in [0.1, 0.15) is 6.42 Å². The van der Waals surface area contributed by atoms with Crippen molar-refractivity contribution in [1.29, 1.82) is 0 Å². The molecule has 1 aromatic heterocycles. The fourth-order valence-corrected chi connectivity index (χ4v) is 3.34. The fourth-order valence-electron chi connectivity index (χ4n) is 2.86. The van der Waals surface area contributed by atoms with Crippen molar-refractivity contribution < 1.29 is 22.3 Å². The SMILES string of the molecule is COc1ccc(-c2ccc(-c3cc[n+](CCCS(=O)(=O)[O-])cc3)cc2)cc1. The summed E-state index contributed by atoms with van der Waals surface area (Å²) >= 11 is 0. The smallest absolute Gasteiger partial charge is 0.169 e. The van der Waals surface area contributed by atoms with Crippen molar-refractivity contribution in [3.05, 3.63) is 73.1 Å². The summed E-state index contributed by atoms with van der Waals surface area (Å²) in [6.07, 6.45) is 4.10. The Kier molecular flexibility index (Phi) is 5.88. The zero-order valence-corrected chi connectivity index (χ0v) is 15.9. The van der Waals surface area contributed by atoms with Gasteiger partial charge in [-0.25, -0.2) is 13.0 Å². The van der Waals surface area contributed by atoms with Crippen molar-refractivity contribution >= 4 is 10.1 Å². The minimum absolute atomic E-state index is 0.312. The predicted octanol–water partition coefficient (Wildman–Crippen LogP) is 3.25. The van der Waals surface area contributed by atoms with Crippen LogP contribution in [0, 0.1) is 0 Å². The second kappa shape index (κ2) is 8.33. The minimum Gasteiger partial charge on any atom is -0.748 e. The van der Waals surface area contributed by atoms with Crippen LogP contribution in [0.25, 0.3) is 22.3 Å². The second-order valence-corrected chi connectivity index (χ2v) is 7.77. The van der Waals surface area contributed by atoms with Crippen LogP contribution >= 0.6 is 0 Å². The summed E-state index contributed by atoms with van der Waals surface area (Å²) in [5.74, 6) is 0.495. The van der Waals surface area contributed by atoms with Gasteiger partial charge in [-0.3, -0.25) is 0 Å². The minimum atomic E-state index is -4.15. The highest BCUT2D eigenvalue weighted by molar-refractivity contribution is 7.85. The summed E-state index contributed by atoms with van der Waals surface area (Å²) in [6, 6.07) is 20.2. The van der Waals surface area contributed by atoms with E-state index in [1.54, 1.807) is 7.11 Å². The lowest BCUT2D eigenvalue weighted by molar-refractivity contribution is -0.696. The Labute approximate surface area is 159 Å². The van der Waals surface area contributed by atoms with Gasteiger partial charge < -0.3 is 9.29 Å². The molecule has 0 radical (unpaired) electrons. The summed E-state index contributed by atoms with van der Waals surface area (Å²) in [5, 5.41) is 0. The molecule has 0 spiro atoms. The van der Waals surface area contributed by atoms with Crippen LogP contribution in [-0.4, -0.2) is 25.8 Å². The molecule has 27 heavy (non-hydrogen) atoms. The van der Waals surface area contributed by atoms with E-state index in [0.29, 0.717) is 13.0 Å². The van der Waals surface area contributed by atoms with Crippen molar-refractivity contribution in [3.63, 3.8) is 0 Å². The molecule has 5 nitrogen and oxygen atoms in total. The molecule has 0 bridgehead atoms. The molecule has 3 rings (SSSR count). The molecule has 6 heteroatoms. The van der Waals surface area contributed by atoms with Gasteiger partial charge in [-0.2, -0.15) is 0 Å². The number of pyridine rings is 1. The van der Waals surface area contributed by atoms with E-state index in [0.717, 1.165) is 28.0 Å². The molecule has 3 aromatic rings. The first-order chi connectivity index (χ1) is 12.9. The molecule has 0 aliphatic carbocycles. The van der Waals surface area contributed by atoms with Gasteiger partial charge in [0.15, 0.2) is 12.4 Å². The molecule has 0 unspecified atom stereocenters. The summed E-state index contributed by atoms with van der Waals surface area (Å²) in [7, 11) is -2.49. The largest absolute Gasteiger partial charge is 0.748 e. The van der Waals surface area contributed by atoms with E-state index in [-0.39, 0.29) is 5.75 Å². The first-order valence-electron chi connectivity index (χ1n) is 8.62. The van der Waals surface area contributed by atoms with Crippen LogP contribution in [0.5, 0.6) is 5.75 Å². The van der Waals surface area contributed by atoms with Gasteiger partial charge in [-0.05, 0) is 34.4 Å². The Hall–Kier alpha value is -2.70. The van der Waals surface area contributed by atoms with Crippen LogP contribution in [0.4, 0.5) is 0 Å². The Morgan fingerprint density at radius 2 is 1.26 bits per heavy atom. The van der Waals surface area contributed by atoms with E-state index in [1.807, 2.05) is 53.4 Å². The van der Waals surface area contributed by atoms with Crippen molar-refractivity contribution in [2.75, 3.05) is 12.9 Å². The van der Waals surface area contributed by atoms with Gasteiger partial charge in [0.2, 0.25) is 0 Å².